The number of methoxy groups -OCH3 is 1. The van der Waals surface area contributed by atoms with Crippen molar-refractivity contribution in [2.45, 2.75) is 18.9 Å². The number of carboxylic acid groups (broad SMARTS) is 1. The van der Waals surface area contributed by atoms with E-state index >= 15 is 0 Å². The van der Waals surface area contributed by atoms with Crippen molar-refractivity contribution in [3.05, 3.63) is 27.0 Å². The van der Waals surface area contributed by atoms with Gasteiger partial charge in [0, 0.05) is 19.9 Å². The van der Waals surface area contributed by atoms with Crippen molar-refractivity contribution in [1.29, 1.82) is 0 Å². The second-order valence-electron chi connectivity index (χ2n) is 3.94. The van der Waals surface area contributed by atoms with Crippen molar-refractivity contribution < 1.29 is 19.6 Å². The van der Waals surface area contributed by atoms with E-state index in [2.05, 4.69) is 26.2 Å². The van der Waals surface area contributed by atoms with Crippen LogP contribution in [0.15, 0.2) is 16.9 Å². The predicted molar refractivity (Wildman–Crippen MR) is 74.7 cm³/mol. The molecule has 0 fully saturated rings. The van der Waals surface area contributed by atoms with Gasteiger partial charge in [0.15, 0.2) is 0 Å². The molecule has 0 aromatic carbocycles. The number of nitrogens with zero attached hydrogens (tertiary/aromatic N) is 2. The zero-order valence-corrected chi connectivity index (χ0v) is 12.3. The molecule has 0 bridgehead atoms. The molecule has 0 radical (unpaired) electrons. The van der Waals surface area contributed by atoms with Crippen molar-refractivity contribution in [1.82, 2.24) is 4.98 Å². The Balaban J connectivity index is 2.93. The van der Waals surface area contributed by atoms with Crippen molar-refractivity contribution in [2.24, 2.45) is 0 Å². The van der Waals surface area contributed by atoms with E-state index in [1.807, 2.05) is 0 Å². The van der Waals surface area contributed by atoms with Crippen molar-refractivity contribution in [3.63, 3.8) is 0 Å². The normalized spacial score (nSPS) is 11.9. The number of hydrogen-bond donors (Lipinski definition) is 2. The molecule has 0 spiro atoms. The number of nitro groups is 1. The molecule has 1 heterocycles. The molecule has 1 atom stereocenters. The first-order valence-corrected chi connectivity index (χ1v) is 6.52. The second kappa shape index (κ2) is 7.75. The first-order valence-electron chi connectivity index (χ1n) is 5.73. The van der Waals surface area contributed by atoms with E-state index in [1.54, 1.807) is 0 Å². The van der Waals surface area contributed by atoms with Crippen LogP contribution >= 0.6 is 15.9 Å². The summed E-state index contributed by atoms with van der Waals surface area (Å²) in [4.78, 5) is 25.2. The molecular formula is C11H14BrN3O5. The van der Waals surface area contributed by atoms with Crippen molar-refractivity contribution in [2.75, 3.05) is 19.0 Å². The maximum Gasteiger partial charge on any atom is 0.326 e. The molecule has 0 amide bonds. The molecule has 1 aromatic heterocycles. The lowest BCUT2D eigenvalue weighted by atomic mass is 10.1. The Bertz CT molecular complexity index is 497. The fourth-order valence-corrected chi connectivity index (χ4v) is 2.01. The van der Waals surface area contributed by atoms with Gasteiger partial charge in [-0.25, -0.2) is 4.79 Å². The lowest BCUT2D eigenvalue weighted by Gasteiger charge is -2.16. The van der Waals surface area contributed by atoms with Crippen LogP contribution in [0.5, 0.6) is 0 Å². The standard InChI is InChI=1S/C11H14BrN3O5/c1-20-4-2-3-8(11(16)17)14-10-7(12)5-13-6-9(10)15(18)19/h5-6,8H,2-4H2,1H3,(H,13,14)(H,16,17). The number of carbonyl (C=O) groups is 1. The number of anilines is 1. The number of hydrogen-bond acceptors (Lipinski definition) is 6. The highest BCUT2D eigenvalue weighted by atomic mass is 79.9. The predicted octanol–water partition coefficient (Wildman–Crippen LogP) is 2.04. The molecule has 0 aliphatic rings. The van der Waals surface area contributed by atoms with Gasteiger partial charge in [0.05, 0.1) is 9.40 Å². The van der Waals surface area contributed by atoms with E-state index in [4.69, 9.17) is 9.84 Å². The number of nitrogens with one attached hydrogen (secondary N) is 1. The van der Waals surface area contributed by atoms with Crippen LogP contribution in [0.3, 0.4) is 0 Å². The molecule has 0 aliphatic carbocycles. The highest BCUT2D eigenvalue weighted by Gasteiger charge is 2.24. The van der Waals surface area contributed by atoms with Crippen molar-refractivity contribution in [3.8, 4) is 0 Å². The Hall–Kier alpha value is -1.74. The molecule has 0 aliphatic heterocycles. The molecule has 9 heteroatoms. The smallest absolute Gasteiger partial charge is 0.326 e. The van der Waals surface area contributed by atoms with Crippen LogP contribution < -0.4 is 5.32 Å². The summed E-state index contributed by atoms with van der Waals surface area (Å²) in [5.41, 5.74) is -0.174. The molecule has 0 saturated carbocycles. The third kappa shape index (κ3) is 4.42. The average molecular weight is 348 g/mol. The first-order chi connectivity index (χ1) is 9.47. The molecular weight excluding hydrogens is 334 g/mol. The quantitative estimate of drug-likeness (QED) is 0.420. The van der Waals surface area contributed by atoms with Crippen LogP contribution in [0.2, 0.25) is 0 Å². The maximum absolute atomic E-state index is 11.2. The second-order valence-corrected chi connectivity index (χ2v) is 4.80. The van der Waals surface area contributed by atoms with Gasteiger partial charge in [0.2, 0.25) is 0 Å². The summed E-state index contributed by atoms with van der Waals surface area (Å²) in [5, 5.41) is 22.7. The van der Waals surface area contributed by atoms with Gasteiger partial charge < -0.3 is 15.2 Å². The minimum Gasteiger partial charge on any atom is -0.480 e. The number of carboxylic acids is 1. The first kappa shape index (κ1) is 16.3. The van der Waals surface area contributed by atoms with E-state index in [0.29, 0.717) is 17.5 Å². The van der Waals surface area contributed by atoms with Gasteiger partial charge in [-0.3, -0.25) is 15.1 Å². The summed E-state index contributed by atoms with van der Waals surface area (Å²) in [7, 11) is 1.52. The van der Waals surface area contributed by atoms with Crippen LogP contribution in [0, 0.1) is 10.1 Å². The Morgan fingerprint density at radius 3 is 2.90 bits per heavy atom. The van der Waals surface area contributed by atoms with Gasteiger partial charge in [0.25, 0.3) is 0 Å². The molecule has 2 N–H and O–H groups in total. The molecule has 8 nitrogen and oxygen atoms in total. The van der Waals surface area contributed by atoms with E-state index in [9.17, 15) is 14.9 Å². The lowest BCUT2D eigenvalue weighted by molar-refractivity contribution is -0.384. The van der Waals surface area contributed by atoms with Crippen LogP contribution in [-0.4, -0.2) is 40.7 Å². The Morgan fingerprint density at radius 1 is 1.65 bits per heavy atom. The average Bonchev–Trinajstić information content (AvgIpc) is 2.39. The summed E-state index contributed by atoms with van der Waals surface area (Å²) < 4.78 is 5.20. The topological polar surface area (TPSA) is 115 Å². The third-order valence-electron chi connectivity index (χ3n) is 2.53. The highest BCUT2D eigenvalue weighted by molar-refractivity contribution is 9.10. The molecule has 20 heavy (non-hydrogen) atoms. The minimum absolute atomic E-state index is 0.106. The van der Waals surface area contributed by atoms with Gasteiger partial charge in [-0.2, -0.15) is 0 Å². The Kier molecular flexibility index (Phi) is 6.32. The van der Waals surface area contributed by atoms with Crippen LogP contribution in [-0.2, 0) is 9.53 Å². The zero-order chi connectivity index (χ0) is 15.1. The fourth-order valence-electron chi connectivity index (χ4n) is 1.57. The molecule has 1 rings (SSSR count). The third-order valence-corrected chi connectivity index (χ3v) is 3.14. The van der Waals surface area contributed by atoms with Crippen LogP contribution in [0.4, 0.5) is 11.4 Å². The number of aromatic nitrogens is 1. The summed E-state index contributed by atoms with van der Waals surface area (Å²) >= 11 is 3.13. The Morgan fingerprint density at radius 2 is 2.35 bits per heavy atom. The van der Waals surface area contributed by atoms with Crippen LogP contribution in [0.25, 0.3) is 0 Å². The SMILES string of the molecule is COCCCC(Nc1c(Br)cncc1[N+](=O)[O-])C(=O)O. The Labute approximate surface area is 123 Å². The number of pyridine rings is 1. The van der Waals surface area contributed by atoms with E-state index in [1.165, 1.54) is 13.3 Å². The number of rotatable bonds is 8. The monoisotopic (exact) mass is 347 g/mol. The van der Waals surface area contributed by atoms with Gasteiger partial charge in [-0.05, 0) is 28.8 Å². The van der Waals surface area contributed by atoms with E-state index < -0.39 is 16.9 Å². The lowest BCUT2D eigenvalue weighted by Crippen LogP contribution is -2.30. The summed E-state index contributed by atoms with van der Waals surface area (Å²) in [6.45, 7) is 0.422. The van der Waals surface area contributed by atoms with E-state index in [0.717, 1.165) is 6.20 Å². The van der Waals surface area contributed by atoms with Gasteiger partial charge >= 0.3 is 11.7 Å². The molecule has 1 aromatic rings. The van der Waals surface area contributed by atoms with Crippen molar-refractivity contribution >= 4 is 33.3 Å². The largest absolute Gasteiger partial charge is 0.480 e. The van der Waals surface area contributed by atoms with Gasteiger partial charge in [0.1, 0.15) is 17.9 Å². The summed E-state index contributed by atoms with van der Waals surface area (Å²) in [6, 6.07) is -0.942. The zero-order valence-electron chi connectivity index (χ0n) is 10.7. The number of aliphatic carboxylic acids is 1. The summed E-state index contributed by atoms with van der Waals surface area (Å²) in [5.74, 6) is -1.08. The van der Waals surface area contributed by atoms with E-state index in [-0.39, 0.29) is 17.8 Å². The van der Waals surface area contributed by atoms with Gasteiger partial charge in [-0.1, -0.05) is 0 Å². The highest BCUT2D eigenvalue weighted by Crippen LogP contribution is 2.32. The van der Waals surface area contributed by atoms with Crippen LogP contribution in [0.1, 0.15) is 12.8 Å². The number of ether oxygens (including phenoxy) is 1. The fraction of sp³-hybridized carbons (Fsp3) is 0.455. The van der Waals surface area contributed by atoms with Gasteiger partial charge in [-0.15, -0.1) is 0 Å². The maximum atomic E-state index is 11.2. The molecule has 1 unspecified atom stereocenters. The molecule has 110 valence electrons. The summed E-state index contributed by atoms with van der Waals surface area (Å²) in [6.07, 6.45) is 3.25. The number of halogens is 1. The minimum atomic E-state index is -1.08. The molecule has 0 saturated heterocycles.